The smallest absolute Gasteiger partial charge is 0.226 e. The van der Waals surface area contributed by atoms with Crippen LogP contribution in [0.1, 0.15) is 64.7 Å². The number of carbonyl (C=O) groups is 1. The van der Waals surface area contributed by atoms with E-state index in [0.29, 0.717) is 17.9 Å². The van der Waals surface area contributed by atoms with Gasteiger partial charge in [-0.25, -0.2) is 0 Å². The van der Waals surface area contributed by atoms with Crippen LogP contribution in [-0.2, 0) is 4.79 Å². The first-order valence-corrected chi connectivity index (χ1v) is 8.15. The van der Waals surface area contributed by atoms with Crippen molar-refractivity contribution >= 4 is 5.91 Å². The topological polar surface area (TPSA) is 20.3 Å². The van der Waals surface area contributed by atoms with Gasteiger partial charge in [-0.15, -0.1) is 6.58 Å². The Kier molecular flexibility index (Phi) is 5.47. The molecule has 2 unspecified atom stereocenters. The van der Waals surface area contributed by atoms with Crippen molar-refractivity contribution < 1.29 is 4.79 Å². The highest BCUT2D eigenvalue weighted by Gasteiger charge is 2.34. The van der Waals surface area contributed by atoms with E-state index in [9.17, 15) is 4.79 Å². The summed E-state index contributed by atoms with van der Waals surface area (Å²) in [5.41, 5.74) is 0. The molecular formula is C17H29NO. The quantitative estimate of drug-likeness (QED) is 0.697. The minimum Gasteiger partial charge on any atom is -0.340 e. The molecule has 0 bridgehead atoms. The van der Waals surface area contributed by atoms with Gasteiger partial charge >= 0.3 is 0 Å². The minimum absolute atomic E-state index is 0.207. The molecule has 1 amide bonds. The summed E-state index contributed by atoms with van der Waals surface area (Å²) in [6.45, 7) is 7.05. The number of hydrogen-bond acceptors (Lipinski definition) is 1. The maximum Gasteiger partial charge on any atom is 0.226 e. The van der Waals surface area contributed by atoms with Crippen LogP contribution in [0.15, 0.2) is 12.7 Å². The largest absolute Gasteiger partial charge is 0.340 e. The predicted octanol–water partition coefficient (Wildman–Crippen LogP) is 4.16. The summed E-state index contributed by atoms with van der Waals surface area (Å²) in [5.74, 6) is 1.23. The number of carbonyl (C=O) groups excluding carboxylic acids is 1. The summed E-state index contributed by atoms with van der Waals surface area (Å²) in [6.07, 6.45) is 12.9. The summed E-state index contributed by atoms with van der Waals surface area (Å²) in [5, 5.41) is 0. The molecule has 0 N–H and O–H groups in total. The van der Waals surface area contributed by atoms with Gasteiger partial charge in [-0.1, -0.05) is 25.3 Å². The maximum atomic E-state index is 12.9. The highest BCUT2D eigenvalue weighted by atomic mass is 16.2. The van der Waals surface area contributed by atoms with Crippen molar-refractivity contribution in [3.63, 3.8) is 0 Å². The molecule has 2 fully saturated rings. The second-order valence-electron chi connectivity index (χ2n) is 6.41. The molecule has 2 nitrogen and oxygen atoms in total. The second-order valence-corrected chi connectivity index (χ2v) is 6.41. The van der Waals surface area contributed by atoms with Gasteiger partial charge in [0.25, 0.3) is 0 Å². The monoisotopic (exact) mass is 263 g/mol. The summed E-state index contributed by atoms with van der Waals surface area (Å²) in [4.78, 5) is 15.0. The van der Waals surface area contributed by atoms with Crippen molar-refractivity contribution in [1.29, 1.82) is 0 Å². The zero-order chi connectivity index (χ0) is 13.7. The Morgan fingerprint density at radius 3 is 2.53 bits per heavy atom. The van der Waals surface area contributed by atoms with Crippen molar-refractivity contribution in [2.45, 2.75) is 70.8 Å². The zero-order valence-corrected chi connectivity index (χ0v) is 12.4. The van der Waals surface area contributed by atoms with Crippen LogP contribution >= 0.6 is 0 Å². The lowest BCUT2D eigenvalue weighted by Crippen LogP contribution is -2.46. The van der Waals surface area contributed by atoms with E-state index < -0.39 is 0 Å². The number of rotatable bonds is 4. The Morgan fingerprint density at radius 2 is 1.89 bits per heavy atom. The van der Waals surface area contributed by atoms with Crippen molar-refractivity contribution in [2.75, 3.05) is 6.54 Å². The number of piperidine rings is 1. The highest BCUT2D eigenvalue weighted by Crippen LogP contribution is 2.34. The maximum absolute atomic E-state index is 12.9. The number of likely N-dealkylation sites (tertiary alicyclic amines) is 1. The molecule has 1 saturated carbocycles. The Bertz CT molecular complexity index is 306. The molecule has 2 atom stereocenters. The molecule has 2 rings (SSSR count). The fraction of sp³-hybridized carbons (Fsp3) is 0.824. The molecule has 0 radical (unpaired) electrons. The molecule has 0 aromatic heterocycles. The summed E-state index contributed by atoms with van der Waals surface area (Å²) in [7, 11) is 0. The molecule has 0 spiro atoms. The fourth-order valence-electron chi connectivity index (χ4n) is 3.85. The van der Waals surface area contributed by atoms with E-state index in [1.165, 1.54) is 51.4 Å². The fourth-order valence-corrected chi connectivity index (χ4v) is 3.85. The van der Waals surface area contributed by atoms with Gasteiger partial charge in [0.05, 0.1) is 0 Å². The van der Waals surface area contributed by atoms with Crippen LogP contribution in [0.5, 0.6) is 0 Å². The van der Waals surface area contributed by atoms with E-state index in [-0.39, 0.29) is 5.92 Å². The van der Waals surface area contributed by atoms with E-state index in [1.807, 2.05) is 6.08 Å². The van der Waals surface area contributed by atoms with Gasteiger partial charge in [-0.3, -0.25) is 4.79 Å². The summed E-state index contributed by atoms with van der Waals surface area (Å²) >= 11 is 0. The lowest BCUT2D eigenvalue weighted by atomic mass is 9.77. The SMILES string of the molecule is C=CCC(C(=O)N1CCCCC1C)C1CCCCC1. The van der Waals surface area contributed by atoms with Crippen LogP contribution in [0, 0.1) is 11.8 Å². The molecule has 1 saturated heterocycles. The van der Waals surface area contributed by atoms with Gasteiger partial charge < -0.3 is 4.90 Å². The van der Waals surface area contributed by atoms with Gasteiger partial charge in [-0.05, 0) is 51.4 Å². The van der Waals surface area contributed by atoms with Crippen LogP contribution in [0.2, 0.25) is 0 Å². The van der Waals surface area contributed by atoms with Gasteiger partial charge in [0.15, 0.2) is 0 Å². The molecule has 0 aromatic rings. The van der Waals surface area contributed by atoms with E-state index in [2.05, 4.69) is 18.4 Å². The number of allylic oxidation sites excluding steroid dienone is 1. The zero-order valence-electron chi connectivity index (χ0n) is 12.4. The Balaban J connectivity index is 2.03. The molecule has 2 aliphatic rings. The molecular weight excluding hydrogens is 234 g/mol. The third-order valence-electron chi connectivity index (χ3n) is 5.04. The number of amides is 1. The van der Waals surface area contributed by atoms with Crippen LogP contribution in [0.4, 0.5) is 0 Å². The van der Waals surface area contributed by atoms with Crippen LogP contribution in [0.3, 0.4) is 0 Å². The minimum atomic E-state index is 0.207. The normalized spacial score (nSPS) is 27.0. The Hall–Kier alpha value is -0.790. The molecule has 108 valence electrons. The first-order chi connectivity index (χ1) is 9.24. The highest BCUT2D eigenvalue weighted by molar-refractivity contribution is 5.79. The Morgan fingerprint density at radius 1 is 1.21 bits per heavy atom. The summed E-state index contributed by atoms with van der Waals surface area (Å²) in [6, 6.07) is 0.442. The van der Waals surface area contributed by atoms with Crippen molar-refractivity contribution in [1.82, 2.24) is 4.90 Å². The van der Waals surface area contributed by atoms with Gasteiger partial charge in [0, 0.05) is 18.5 Å². The standard InChI is InChI=1S/C17H29NO/c1-3-9-16(15-11-5-4-6-12-15)17(19)18-13-8-7-10-14(18)2/h3,14-16H,1,4-13H2,2H3. The Labute approximate surface area is 118 Å². The first kappa shape index (κ1) is 14.6. The van der Waals surface area contributed by atoms with E-state index in [1.54, 1.807) is 0 Å². The first-order valence-electron chi connectivity index (χ1n) is 8.15. The van der Waals surface area contributed by atoms with Crippen molar-refractivity contribution in [3.05, 3.63) is 12.7 Å². The summed E-state index contributed by atoms with van der Waals surface area (Å²) < 4.78 is 0. The number of hydrogen-bond donors (Lipinski definition) is 0. The van der Waals surface area contributed by atoms with E-state index >= 15 is 0 Å². The second kappa shape index (κ2) is 7.12. The number of nitrogens with zero attached hydrogens (tertiary/aromatic N) is 1. The van der Waals surface area contributed by atoms with Crippen LogP contribution in [-0.4, -0.2) is 23.4 Å². The molecule has 2 heteroatoms. The third-order valence-corrected chi connectivity index (χ3v) is 5.04. The average molecular weight is 263 g/mol. The molecule has 1 aliphatic carbocycles. The van der Waals surface area contributed by atoms with Crippen LogP contribution in [0.25, 0.3) is 0 Å². The average Bonchev–Trinajstić information content (AvgIpc) is 2.45. The molecule has 19 heavy (non-hydrogen) atoms. The lowest BCUT2D eigenvalue weighted by molar-refractivity contribution is -0.141. The van der Waals surface area contributed by atoms with E-state index in [0.717, 1.165) is 13.0 Å². The van der Waals surface area contributed by atoms with E-state index in [4.69, 9.17) is 0 Å². The van der Waals surface area contributed by atoms with Crippen LogP contribution < -0.4 is 0 Å². The molecule has 1 heterocycles. The molecule has 0 aromatic carbocycles. The van der Waals surface area contributed by atoms with Gasteiger partial charge in [-0.2, -0.15) is 0 Å². The van der Waals surface area contributed by atoms with Crippen molar-refractivity contribution in [2.24, 2.45) is 11.8 Å². The molecule has 1 aliphatic heterocycles. The van der Waals surface area contributed by atoms with Crippen molar-refractivity contribution in [3.8, 4) is 0 Å². The predicted molar refractivity (Wildman–Crippen MR) is 79.9 cm³/mol. The van der Waals surface area contributed by atoms with Gasteiger partial charge in [0.1, 0.15) is 0 Å². The lowest BCUT2D eigenvalue weighted by Gasteiger charge is -2.38. The van der Waals surface area contributed by atoms with Gasteiger partial charge in [0.2, 0.25) is 5.91 Å². The third kappa shape index (κ3) is 3.61.